The molecule has 4 nitrogen and oxygen atoms in total. The Hall–Kier alpha value is -1.39. The van der Waals surface area contributed by atoms with Gasteiger partial charge in [-0.1, -0.05) is 25.1 Å². The molecule has 0 radical (unpaired) electrons. The SMILES string of the molecule is CCC(C)(OC)C(=O)N(C)c1ccccc1CN. The Balaban J connectivity index is 3.07. The van der Waals surface area contributed by atoms with E-state index in [1.54, 1.807) is 26.0 Å². The summed E-state index contributed by atoms with van der Waals surface area (Å²) in [7, 11) is 3.31. The maximum Gasteiger partial charge on any atom is 0.258 e. The van der Waals surface area contributed by atoms with Crippen molar-refractivity contribution in [3.8, 4) is 0 Å². The minimum Gasteiger partial charge on any atom is -0.369 e. The minimum absolute atomic E-state index is 0.0617. The minimum atomic E-state index is -0.795. The van der Waals surface area contributed by atoms with Crippen LogP contribution in [0.15, 0.2) is 24.3 Å². The number of ether oxygens (including phenoxy) is 1. The molecule has 1 rings (SSSR count). The van der Waals surface area contributed by atoms with Crippen LogP contribution in [0.4, 0.5) is 5.69 Å². The number of nitrogens with zero attached hydrogens (tertiary/aromatic N) is 1. The maximum absolute atomic E-state index is 12.5. The Morgan fingerprint density at radius 2 is 2.06 bits per heavy atom. The van der Waals surface area contributed by atoms with Crippen molar-refractivity contribution < 1.29 is 9.53 Å². The molecule has 0 fully saturated rings. The van der Waals surface area contributed by atoms with Gasteiger partial charge in [0.25, 0.3) is 5.91 Å². The van der Waals surface area contributed by atoms with Gasteiger partial charge in [0.2, 0.25) is 0 Å². The van der Waals surface area contributed by atoms with Crippen LogP contribution in [-0.4, -0.2) is 25.7 Å². The lowest BCUT2D eigenvalue weighted by atomic mass is 10.0. The number of hydrogen-bond donors (Lipinski definition) is 1. The second-order valence-electron chi connectivity index (χ2n) is 4.49. The van der Waals surface area contributed by atoms with Gasteiger partial charge in [0.15, 0.2) is 0 Å². The number of methoxy groups -OCH3 is 1. The van der Waals surface area contributed by atoms with Crippen molar-refractivity contribution in [3.05, 3.63) is 29.8 Å². The quantitative estimate of drug-likeness (QED) is 0.868. The first-order valence-corrected chi connectivity index (χ1v) is 6.11. The molecule has 1 unspecified atom stereocenters. The number of carbonyl (C=O) groups is 1. The summed E-state index contributed by atoms with van der Waals surface area (Å²) in [4.78, 5) is 14.1. The first-order valence-electron chi connectivity index (χ1n) is 6.11. The van der Waals surface area contributed by atoms with Gasteiger partial charge in [0, 0.05) is 26.4 Å². The molecule has 0 spiro atoms. The number of likely N-dealkylation sites (N-methyl/N-ethyl adjacent to an activating group) is 1. The van der Waals surface area contributed by atoms with Crippen LogP contribution in [-0.2, 0) is 16.1 Å². The zero-order valence-electron chi connectivity index (χ0n) is 11.6. The van der Waals surface area contributed by atoms with Crippen LogP contribution in [0.25, 0.3) is 0 Å². The first kappa shape index (κ1) is 14.7. The van der Waals surface area contributed by atoms with Crippen molar-refractivity contribution in [1.29, 1.82) is 0 Å². The van der Waals surface area contributed by atoms with Crippen LogP contribution < -0.4 is 10.6 Å². The fourth-order valence-electron chi connectivity index (χ4n) is 1.86. The predicted molar refractivity (Wildman–Crippen MR) is 73.4 cm³/mol. The molecule has 2 N–H and O–H groups in total. The number of amides is 1. The zero-order valence-corrected chi connectivity index (χ0v) is 11.6. The van der Waals surface area contributed by atoms with Gasteiger partial charge < -0.3 is 15.4 Å². The van der Waals surface area contributed by atoms with Crippen molar-refractivity contribution in [2.75, 3.05) is 19.1 Å². The second kappa shape index (κ2) is 5.98. The lowest BCUT2D eigenvalue weighted by Crippen LogP contribution is -2.46. The van der Waals surface area contributed by atoms with Gasteiger partial charge in [0.05, 0.1) is 0 Å². The molecule has 0 saturated carbocycles. The zero-order chi connectivity index (χ0) is 13.8. The van der Waals surface area contributed by atoms with Crippen LogP contribution in [0.2, 0.25) is 0 Å². The van der Waals surface area contributed by atoms with E-state index < -0.39 is 5.60 Å². The Morgan fingerprint density at radius 3 is 2.56 bits per heavy atom. The highest BCUT2D eigenvalue weighted by Gasteiger charge is 2.34. The van der Waals surface area contributed by atoms with E-state index >= 15 is 0 Å². The first-order chi connectivity index (χ1) is 8.50. The lowest BCUT2D eigenvalue weighted by molar-refractivity contribution is -0.138. The van der Waals surface area contributed by atoms with Gasteiger partial charge >= 0.3 is 0 Å². The smallest absolute Gasteiger partial charge is 0.258 e. The van der Waals surface area contributed by atoms with Crippen LogP contribution >= 0.6 is 0 Å². The van der Waals surface area contributed by atoms with Crippen molar-refractivity contribution in [2.24, 2.45) is 5.73 Å². The molecule has 4 heteroatoms. The Kier molecular flexibility index (Phi) is 4.87. The average molecular weight is 250 g/mol. The van der Waals surface area contributed by atoms with E-state index in [2.05, 4.69) is 0 Å². The van der Waals surface area contributed by atoms with Gasteiger partial charge in [-0.3, -0.25) is 4.79 Å². The molecule has 0 aliphatic heterocycles. The fraction of sp³-hybridized carbons (Fsp3) is 0.500. The van der Waals surface area contributed by atoms with Crippen LogP contribution in [0.5, 0.6) is 0 Å². The van der Waals surface area contributed by atoms with E-state index in [0.717, 1.165) is 11.3 Å². The van der Waals surface area contributed by atoms with Gasteiger partial charge in [-0.15, -0.1) is 0 Å². The highest BCUT2D eigenvalue weighted by Crippen LogP contribution is 2.24. The topological polar surface area (TPSA) is 55.6 Å². The van der Waals surface area contributed by atoms with Crippen LogP contribution in [0, 0.1) is 0 Å². The molecule has 0 aliphatic rings. The Morgan fingerprint density at radius 1 is 1.44 bits per heavy atom. The van der Waals surface area contributed by atoms with E-state index in [1.165, 1.54) is 0 Å². The average Bonchev–Trinajstić information content (AvgIpc) is 2.44. The van der Waals surface area contributed by atoms with Crippen molar-refractivity contribution in [2.45, 2.75) is 32.4 Å². The normalized spacial score (nSPS) is 14.1. The van der Waals surface area contributed by atoms with Crippen molar-refractivity contribution in [1.82, 2.24) is 0 Å². The highest BCUT2D eigenvalue weighted by molar-refractivity contribution is 5.99. The number of carbonyl (C=O) groups excluding carboxylic acids is 1. The molecule has 0 aliphatic carbocycles. The Labute approximate surface area is 109 Å². The molecule has 0 aromatic heterocycles. The standard InChI is InChI=1S/C14H22N2O2/c1-5-14(2,18-4)13(17)16(3)12-9-7-6-8-11(12)10-15/h6-9H,5,10,15H2,1-4H3. The molecule has 0 saturated heterocycles. The number of para-hydroxylation sites is 1. The molecule has 1 amide bonds. The van der Waals surface area contributed by atoms with Gasteiger partial charge in [-0.25, -0.2) is 0 Å². The van der Waals surface area contributed by atoms with Gasteiger partial charge in [0.1, 0.15) is 5.60 Å². The van der Waals surface area contributed by atoms with Crippen molar-refractivity contribution >= 4 is 11.6 Å². The molecule has 100 valence electrons. The highest BCUT2D eigenvalue weighted by atomic mass is 16.5. The summed E-state index contributed by atoms with van der Waals surface area (Å²) in [5.41, 5.74) is 6.68. The number of rotatable bonds is 5. The summed E-state index contributed by atoms with van der Waals surface area (Å²) in [6, 6.07) is 7.63. The van der Waals surface area contributed by atoms with E-state index in [0.29, 0.717) is 13.0 Å². The molecular weight excluding hydrogens is 228 g/mol. The largest absolute Gasteiger partial charge is 0.369 e. The third kappa shape index (κ3) is 2.71. The summed E-state index contributed by atoms with van der Waals surface area (Å²) in [6.45, 7) is 4.14. The van der Waals surface area contributed by atoms with Gasteiger partial charge in [-0.2, -0.15) is 0 Å². The summed E-state index contributed by atoms with van der Waals surface area (Å²) in [6.07, 6.45) is 0.622. The van der Waals surface area contributed by atoms with Crippen LogP contribution in [0.1, 0.15) is 25.8 Å². The summed E-state index contributed by atoms with van der Waals surface area (Å²) in [5, 5.41) is 0. The van der Waals surface area contributed by atoms with E-state index in [4.69, 9.17) is 10.5 Å². The van der Waals surface area contributed by atoms with E-state index in [9.17, 15) is 4.79 Å². The van der Waals surface area contributed by atoms with Crippen molar-refractivity contribution in [3.63, 3.8) is 0 Å². The molecule has 18 heavy (non-hydrogen) atoms. The van der Waals surface area contributed by atoms with E-state index in [1.807, 2.05) is 31.2 Å². The maximum atomic E-state index is 12.5. The predicted octanol–water partition coefficient (Wildman–Crippen LogP) is 1.92. The number of nitrogens with two attached hydrogens (primary N) is 1. The molecule has 0 bridgehead atoms. The molecular formula is C14H22N2O2. The molecule has 1 aromatic rings. The third-order valence-corrected chi connectivity index (χ3v) is 3.46. The third-order valence-electron chi connectivity index (χ3n) is 3.46. The summed E-state index contributed by atoms with van der Waals surface area (Å²) >= 11 is 0. The summed E-state index contributed by atoms with van der Waals surface area (Å²) in [5.74, 6) is -0.0617. The lowest BCUT2D eigenvalue weighted by Gasteiger charge is -2.31. The monoisotopic (exact) mass is 250 g/mol. The second-order valence-corrected chi connectivity index (χ2v) is 4.49. The molecule has 0 heterocycles. The fourth-order valence-corrected chi connectivity index (χ4v) is 1.86. The molecule has 1 aromatic carbocycles. The van der Waals surface area contributed by atoms with Crippen LogP contribution in [0.3, 0.4) is 0 Å². The van der Waals surface area contributed by atoms with E-state index in [-0.39, 0.29) is 5.91 Å². The van der Waals surface area contributed by atoms with Gasteiger partial charge in [-0.05, 0) is 25.0 Å². The number of benzene rings is 1. The summed E-state index contributed by atoms with van der Waals surface area (Å²) < 4.78 is 5.34. The molecule has 1 atom stereocenters. The number of anilines is 1. The number of hydrogen-bond acceptors (Lipinski definition) is 3. The Bertz CT molecular complexity index is 414.